The van der Waals surface area contributed by atoms with E-state index < -0.39 is 0 Å². The van der Waals surface area contributed by atoms with Gasteiger partial charge in [-0.15, -0.1) is 0 Å². The molecule has 0 amide bonds. The molecule has 0 atom stereocenters. The second-order valence-corrected chi connectivity index (χ2v) is 7.18. The lowest BCUT2D eigenvalue weighted by Gasteiger charge is -2.34. The molecule has 1 N–H and O–H groups in total. The van der Waals surface area contributed by atoms with Gasteiger partial charge in [-0.25, -0.2) is 0 Å². The van der Waals surface area contributed by atoms with E-state index in [2.05, 4.69) is 38.0 Å². The molecule has 0 heterocycles. The first-order valence-electron chi connectivity index (χ1n) is 8.47. The number of hydrogen-bond donors (Lipinski definition) is 1. The Morgan fingerprint density at radius 2 is 1.84 bits per heavy atom. The van der Waals surface area contributed by atoms with Crippen LogP contribution in [0.2, 0.25) is 0 Å². The van der Waals surface area contributed by atoms with Crippen molar-refractivity contribution in [2.75, 3.05) is 33.2 Å². The lowest BCUT2D eigenvalue weighted by molar-refractivity contribution is 0.169. The molecule has 0 unspecified atom stereocenters. The van der Waals surface area contributed by atoms with E-state index >= 15 is 0 Å². The Balaban J connectivity index is 2.33. The molecule has 0 aromatic carbocycles. The van der Waals surface area contributed by atoms with E-state index in [1.807, 2.05) is 0 Å². The summed E-state index contributed by atoms with van der Waals surface area (Å²) in [5, 5.41) is 3.71. The Labute approximate surface area is 121 Å². The van der Waals surface area contributed by atoms with E-state index in [-0.39, 0.29) is 0 Å². The average molecular weight is 268 g/mol. The summed E-state index contributed by atoms with van der Waals surface area (Å²) in [6.45, 7) is 11.8. The molecule has 0 aliphatic heterocycles. The summed E-state index contributed by atoms with van der Waals surface area (Å²) in [5.41, 5.74) is 0.565. The lowest BCUT2D eigenvalue weighted by Crippen LogP contribution is -2.42. The van der Waals surface area contributed by atoms with Crippen LogP contribution in [0.1, 0.15) is 65.7 Å². The second-order valence-electron chi connectivity index (χ2n) is 7.18. The summed E-state index contributed by atoms with van der Waals surface area (Å²) in [5.74, 6) is 0.765. The van der Waals surface area contributed by atoms with E-state index in [4.69, 9.17) is 0 Å². The molecule has 1 aliphatic carbocycles. The Hall–Kier alpha value is -0.0800. The molecule has 19 heavy (non-hydrogen) atoms. The summed E-state index contributed by atoms with van der Waals surface area (Å²) in [7, 11) is 2.32. The third-order valence-electron chi connectivity index (χ3n) is 4.47. The van der Waals surface area contributed by atoms with Crippen LogP contribution in [0.25, 0.3) is 0 Å². The van der Waals surface area contributed by atoms with Gasteiger partial charge in [-0.2, -0.15) is 0 Å². The van der Waals surface area contributed by atoms with Gasteiger partial charge in [0, 0.05) is 13.1 Å². The smallest absolute Gasteiger partial charge is 0.00471 e. The summed E-state index contributed by atoms with van der Waals surface area (Å²) < 4.78 is 0. The van der Waals surface area contributed by atoms with Crippen LogP contribution >= 0.6 is 0 Å². The molecule has 0 aromatic rings. The van der Waals surface area contributed by atoms with Crippen molar-refractivity contribution < 1.29 is 0 Å². The first-order valence-corrected chi connectivity index (χ1v) is 8.47. The molecule has 114 valence electrons. The number of rotatable bonds is 10. The maximum Gasteiger partial charge on any atom is 0.00471 e. The molecular weight excluding hydrogens is 232 g/mol. The second kappa shape index (κ2) is 8.97. The third-order valence-corrected chi connectivity index (χ3v) is 4.47. The highest BCUT2D eigenvalue weighted by molar-refractivity contribution is 4.89. The maximum atomic E-state index is 3.71. The highest BCUT2D eigenvalue weighted by atomic mass is 15.1. The first kappa shape index (κ1) is 17.0. The average Bonchev–Trinajstić information content (AvgIpc) is 2.77. The van der Waals surface area contributed by atoms with Crippen LogP contribution in [-0.2, 0) is 0 Å². The predicted molar refractivity (Wildman–Crippen MR) is 85.6 cm³/mol. The molecule has 1 fully saturated rings. The van der Waals surface area contributed by atoms with Crippen molar-refractivity contribution in [1.29, 1.82) is 0 Å². The number of unbranched alkanes of at least 4 members (excludes halogenated alkanes) is 2. The zero-order valence-electron chi connectivity index (χ0n) is 13.8. The maximum absolute atomic E-state index is 3.71. The molecule has 2 heteroatoms. The minimum absolute atomic E-state index is 0.565. The zero-order chi connectivity index (χ0) is 14.1. The van der Waals surface area contributed by atoms with Crippen molar-refractivity contribution in [2.45, 2.75) is 65.7 Å². The van der Waals surface area contributed by atoms with Crippen molar-refractivity contribution in [3.63, 3.8) is 0 Å². The fourth-order valence-corrected chi connectivity index (χ4v) is 3.43. The van der Waals surface area contributed by atoms with Crippen LogP contribution in [0, 0.1) is 11.3 Å². The van der Waals surface area contributed by atoms with Crippen molar-refractivity contribution >= 4 is 0 Å². The van der Waals surface area contributed by atoms with E-state index in [1.54, 1.807) is 0 Å². The van der Waals surface area contributed by atoms with Gasteiger partial charge in [-0.1, -0.05) is 46.5 Å². The normalized spacial score (nSPS) is 18.6. The van der Waals surface area contributed by atoms with Gasteiger partial charge in [0.2, 0.25) is 0 Å². The van der Waals surface area contributed by atoms with E-state index in [0.717, 1.165) is 5.92 Å². The predicted octanol–water partition coefficient (Wildman–Crippen LogP) is 3.91. The molecule has 0 aromatic heterocycles. The number of nitrogens with one attached hydrogen (secondary N) is 1. The highest BCUT2D eigenvalue weighted by Crippen LogP contribution is 2.38. The fraction of sp³-hybridized carbons (Fsp3) is 1.00. The molecule has 1 aliphatic rings. The quantitative estimate of drug-likeness (QED) is 0.604. The molecule has 1 saturated carbocycles. The van der Waals surface area contributed by atoms with E-state index in [9.17, 15) is 0 Å². The third kappa shape index (κ3) is 6.76. The van der Waals surface area contributed by atoms with Gasteiger partial charge in [0.25, 0.3) is 0 Å². The summed E-state index contributed by atoms with van der Waals surface area (Å²) in [6, 6.07) is 0. The standard InChI is InChI=1S/C17H36N2/c1-5-6-9-12-19(4)15-17(10-7-8-11-17)14-18-13-16(2)3/h16,18H,5-15H2,1-4H3. The van der Waals surface area contributed by atoms with Crippen LogP contribution in [0.3, 0.4) is 0 Å². The molecule has 0 spiro atoms. The fourth-order valence-electron chi connectivity index (χ4n) is 3.43. The van der Waals surface area contributed by atoms with Crippen LogP contribution < -0.4 is 5.32 Å². The van der Waals surface area contributed by atoms with Gasteiger partial charge in [0.1, 0.15) is 0 Å². The molecule has 0 radical (unpaired) electrons. The monoisotopic (exact) mass is 268 g/mol. The van der Waals surface area contributed by atoms with Crippen LogP contribution in [0.4, 0.5) is 0 Å². The largest absolute Gasteiger partial charge is 0.316 e. The van der Waals surface area contributed by atoms with Gasteiger partial charge in [-0.3, -0.25) is 0 Å². The van der Waals surface area contributed by atoms with Crippen molar-refractivity contribution in [3.05, 3.63) is 0 Å². The molecule has 2 nitrogen and oxygen atoms in total. The van der Waals surface area contributed by atoms with E-state index in [0.29, 0.717) is 5.41 Å². The minimum Gasteiger partial charge on any atom is -0.316 e. The van der Waals surface area contributed by atoms with Crippen LogP contribution in [-0.4, -0.2) is 38.1 Å². The van der Waals surface area contributed by atoms with E-state index in [1.165, 1.54) is 71.1 Å². The first-order chi connectivity index (χ1) is 9.08. The molecular formula is C17H36N2. The summed E-state index contributed by atoms with van der Waals surface area (Å²) in [4.78, 5) is 2.58. The van der Waals surface area contributed by atoms with Gasteiger partial charge in [-0.05, 0) is 50.7 Å². The Morgan fingerprint density at radius 3 is 2.42 bits per heavy atom. The van der Waals surface area contributed by atoms with Crippen molar-refractivity contribution in [1.82, 2.24) is 10.2 Å². The topological polar surface area (TPSA) is 15.3 Å². The van der Waals surface area contributed by atoms with Crippen molar-refractivity contribution in [2.24, 2.45) is 11.3 Å². The van der Waals surface area contributed by atoms with Gasteiger partial charge in [0.15, 0.2) is 0 Å². The van der Waals surface area contributed by atoms with Crippen molar-refractivity contribution in [3.8, 4) is 0 Å². The van der Waals surface area contributed by atoms with Crippen LogP contribution in [0.5, 0.6) is 0 Å². The number of nitrogens with zero attached hydrogens (tertiary/aromatic N) is 1. The molecule has 0 saturated heterocycles. The Bertz CT molecular complexity index is 219. The molecule has 1 rings (SSSR count). The summed E-state index contributed by atoms with van der Waals surface area (Å²) >= 11 is 0. The molecule has 0 bridgehead atoms. The lowest BCUT2D eigenvalue weighted by atomic mass is 9.85. The SMILES string of the molecule is CCCCCN(C)CC1(CNCC(C)C)CCCC1. The highest BCUT2D eigenvalue weighted by Gasteiger charge is 2.34. The van der Waals surface area contributed by atoms with Crippen LogP contribution in [0.15, 0.2) is 0 Å². The summed E-state index contributed by atoms with van der Waals surface area (Å²) in [6.07, 6.45) is 9.80. The Morgan fingerprint density at radius 1 is 1.16 bits per heavy atom. The van der Waals surface area contributed by atoms with Gasteiger partial charge >= 0.3 is 0 Å². The Kier molecular flexibility index (Phi) is 8.01. The number of hydrogen-bond acceptors (Lipinski definition) is 2. The van der Waals surface area contributed by atoms with Gasteiger partial charge in [0.05, 0.1) is 0 Å². The van der Waals surface area contributed by atoms with Gasteiger partial charge < -0.3 is 10.2 Å². The minimum atomic E-state index is 0.565. The zero-order valence-corrected chi connectivity index (χ0v) is 13.8.